The molecule has 230 valence electrons. The molecule has 2 saturated heterocycles. The minimum Gasteiger partial charge on any atom is -0.365 e. The molecule has 2 fully saturated rings. The monoisotopic (exact) mass is 596 g/mol. The van der Waals surface area contributed by atoms with Gasteiger partial charge in [-0.25, -0.2) is 9.37 Å². The summed E-state index contributed by atoms with van der Waals surface area (Å²) in [5, 5.41) is 15.6. The number of amides is 1. The van der Waals surface area contributed by atoms with Crippen molar-refractivity contribution in [2.75, 3.05) is 68.1 Å². The number of rotatable bonds is 8. The van der Waals surface area contributed by atoms with E-state index >= 15 is 0 Å². The molecule has 0 radical (unpaired) electrons. The number of alkyl halides is 1. The van der Waals surface area contributed by atoms with E-state index in [0.29, 0.717) is 38.2 Å². The van der Waals surface area contributed by atoms with Gasteiger partial charge in [-0.1, -0.05) is 30.3 Å². The number of nitrogens with zero attached hydrogens (tertiary/aromatic N) is 7. The van der Waals surface area contributed by atoms with Crippen molar-refractivity contribution in [3.63, 3.8) is 0 Å². The highest BCUT2D eigenvalue weighted by Gasteiger charge is 2.33. The van der Waals surface area contributed by atoms with Crippen LogP contribution in [0.25, 0.3) is 10.8 Å². The van der Waals surface area contributed by atoms with Crippen molar-refractivity contribution < 1.29 is 9.18 Å². The highest BCUT2D eigenvalue weighted by molar-refractivity contribution is 5.97. The average molecular weight is 597 g/mol. The van der Waals surface area contributed by atoms with Crippen molar-refractivity contribution in [3.05, 3.63) is 65.4 Å². The first-order chi connectivity index (χ1) is 21.5. The van der Waals surface area contributed by atoms with Crippen LogP contribution in [0.3, 0.4) is 0 Å². The number of hydrogen-bond acceptors (Lipinski definition) is 8. The first kappa shape index (κ1) is 29.8. The number of hydrogen-bond donors (Lipinski definition) is 1. The zero-order chi connectivity index (χ0) is 30.6. The number of anilines is 3. The maximum Gasteiger partial charge on any atom is 0.246 e. The summed E-state index contributed by atoms with van der Waals surface area (Å²) in [5.41, 5.74) is 4.62. The van der Waals surface area contributed by atoms with Crippen molar-refractivity contribution in [2.45, 2.75) is 51.2 Å². The van der Waals surface area contributed by atoms with Crippen molar-refractivity contribution in [1.82, 2.24) is 19.8 Å². The number of carbonyl (C=O) groups excluding carboxylic acids is 1. The van der Waals surface area contributed by atoms with Crippen molar-refractivity contribution >= 4 is 34.1 Å². The fourth-order valence-electron chi connectivity index (χ4n) is 7.03. The van der Waals surface area contributed by atoms with Gasteiger partial charge < -0.3 is 24.9 Å². The SMILES string of the molecule is Cc1cccc2cccc(N3CCc4c(nc(NC[C@H]5CCCN5C)nc4N4CCN(C(=O)/C=C/CF)[C@@H](CC#N)C4)C3)c12. The van der Waals surface area contributed by atoms with E-state index in [0.717, 1.165) is 49.6 Å². The van der Waals surface area contributed by atoms with Gasteiger partial charge >= 0.3 is 0 Å². The summed E-state index contributed by atoms with van der Waals surface area (Å²) in [4.78, 5) is 31.7. The number of aromatic nitrogens is 2. The second-order valence-electron chi connectivity index (χ2n) is 12.1. The molecule has 9 nitrogen and oxygen atoms in total. The van der Waals surface area contributed by atoms with E-state index in [9.17, 15) is 14.4 Å². The number of allylic oxidation sites excluding steroid dienone is 1. The Hall–Kier alpha value is -4.23. The molecule has 2 aromatic carbocycles. The Kier molecular flexibility index (Phi) is 8.94. The lowest BCUT2D eigenvalue weighted by Crippen LogP contribution is -2.55. The fraction of sp³-hybridized carbons (Fsp3) is 0.471. The first-order valence-corrected chi connectivity index (χ1v) is 15.7. The van der Waals surface area contributed by atoms with Crippen LogP contribution >= 0.6 is 0 Å². The van der Waals surface area contributed by atoms with E-state index in [1.165, 1.54) is 40.6 Å². The number of benzene rings is 2. The minimum absolute atomic E-state index is 0.201. The summed E-state index contributed by atoms with van der Waals surface area (Å²) >= 11 is 0. The molecule has 1 N–H and O–H groups in total. The molecule has 4 heterocycles. The zero-order valence-electron chi connectivity index (χ0n) is 25.7. The molecule has 0 saturated carbocycles. The molecule has 0 aliphatic carbocycles. The molecular formula is C34H41FN8O. The summed E-state index contributed by atoms with van der Waals surface area (Å²) in [6.07, 6.45) is 5.84. The quantitative estimate of drug-likeness (QED) is 0.381. The third-order valence-electron chi connectivity index (χ3n) is 9.38. The van der Waals surface area contributed by atoms with Crippen molar-refractivity contribution in [3.8, 4) is 6.07 Å². The fourth-order valence-corrected chi connectivity index (χ4v) is 7.03. The maximum atomic E-state index is 12.8. The smallest absolute Gasteiger partial charge is 0.246 e. The number of fused-ring (bicyclic) bond motifs is 2. The molecule has 3 aliphatic heterocycles. The summed E-state index contributed by atoms with van der Waals surface area (Å²) < 4.78 is 12.7. The molecule has 3 aromatic rings. The van der Waals surface area contributed by atoms with Crippen LogP contribution in [-0.2, 0) is 17.8 Å². The predicted octanol–water partition coefficient (Wildman–Crippen LogP) is 4.46. The van der Waals surface area contributed by atoms with E-state index in [1.54, 1.807) is 4.90 Å². The van der Waals surface area contributed by atoms with Crippen LogP contribution < -0.4 is 15.1 Å². The second kappa shape index (κ2) is 13.2. The van der Waals surface area contributed by atoms with Crippen LogP contribution in [0.15, 0.2) is 48.6 Å². The molecular weight excluding hydrogens is 555 g/mol. The van der Waals surface area contributed by atoms with Gasteiger partial charge in [0.1, 0.15) is 12.5 Å². The Morgan fingerprint density at radius 1 is 1.11 bits per heavy atom. The number of aryl methyl sites for hydroxylation is 1. The highest BCUT2D eigenvalue weighted by atomic mass is 19.1. The van der Waals surface area contributed by atoms with Crippen LogP contribution in [0.1, 0.15) is 36.1 Å². The van der Waals surface area contributed by atoms with Gasteiger partial charge in [0, 0.05) is 61.5 Å². The van der Waals surface area contributed by atoms with Gasteiger partial charge in [0.25, 0.3) is 0 Å². The van der Waals surface area contributed by atoms with Crippen LogP contribution in [0.4, 0.5) is 21.8 Å². The predicted molar refractivity (Wildman–Crippen MR) is 173 cm³/mol. The van der Waals surface area contributed by atoms with Crippen LogP contribution in [0.2, 0.25) is 0 Å². The van der Waals surface area contributed by atoms with E-state index < -0.39 is 6.67 Å². The summed E-state index contributed by atoms with van der Waals surface area (Å²) in [5.74, 6) is 1.26. The molecule has 10 heteroatoms. The molecule has 2 atom stereocenters. The van der Waals surface area contributed by atoms with Crippen LogP contribution in [-0.4, -0.2) is 90.7 Å². The normalized spacial score (nSPS) is 20.7. The Morgan fingerprint density at radius 2 is 1.95 bits per heavy atom. The number of carbonyl (C=O) groups is 1. The standard InChI is InChI=1S/C34H41FN8O/c1-24-7-3-8-25-9-4-11-30(32(24)25)41-18-14-28-29(23-41)38-34(37-21-26-10-6-17-40(26)2)39-33(28)42-19-20-43(27(22-42)13-16-36)31(44)12-5-15-35/h3-5,7-9,11-12,26-27H,6,10,13-15,17-23H2,1-2H3,(H,37,38,39)/b12-5+/t26-,27+/m1/s1. The zero-order valence-corrected chi connectivity index (χ0v) is 25.7. The number of piperazine rings is 1. The summed E-state index contributed by atoms with van der Waals surface area (Å²) in [7, 11) is 2.17. The van der Waals surface area contributed by atoms with Crippen molar-refractivity contribution in [2.24, 2.45) is 0 Å². The number of halogens is 1. The van der Waals surface area contributed by atoms with Gasteiger partial charge in [-0.05, 0) is 62.9 Å². The van der Waals surface area contributed by atoms with Crippen molar-refractivity contribution in [1.29, 1.82) is 5.26 Å². The summed E-state index contributed by atoms with van der Waals surface area (Å²) in [6, 6.07) is 15.3. The number of likely N-dealkylation sites (tertiary alicyclic amines) is 1. The Morgan fingerprint density at radius 3 is 2.73 bits per heavy atom. The molecule has 44 heavy (non-hydrogen) atoms. The number of likely N-dealkylation sites (N-methyl/N-ethyl adjacent to an activating group) is 1. The first-order valence-electron chi connectivity index (χ1n) is 15.7. The third-order valence-corrected chi connectivity index (χ3v) is 9.38. The van der Waals surface area contributed by atoms with Gasteiger partial charge in [0.05, 0.1) is 30.8 Å². The lowest BCUT2D eigenvalue weighted by molar-refractivity contribution is -0.128. The van der Waals surface area contributed by atoms with E-state index in [2.05, 4.69) is 76.5 Å². The van der Waals surface area contributed by atoms with E-state index in [1.807, 2.05) is 0 Å². The molecule has 0 spiro atoms. The molecule has 0 unspecified atom stereocenters. The van der Waals surface area contributed by atoms with Gasteiger partial charge in [-0.3, -0.25) is 4.79 Å². The second-order valence-corrected chi connectivity index (χ2v) is 12.1. The third kappa shape index (κ3) is 6.06. The van der Waals surface area contributed by atoms with E-state index in [4.69, 9.17) is 9.97 Å². The molecule has 1 aromatic heterocycles. The molecule has 0 bridgehead atoms. The van der Waals surface area contributed by atoms with Gasteiger partial charge in [0.2, 0.25) is 11.9 Å². The van der Waals surface area contributed by atoms with Crippen LogP contribution in [0, 0.1) is 18.3 Å². The Bertz CT molecular complexity index is 1580. The van der Waals surface area contributed by atoms with Crippen LogP contribution in [0.5, 0.6) is 0 Å². The lowest BCUT2D eigenvalue weighted by Gasteiger charge is -2.42. The lowest BCUT2D eigenvalue weighted by atomic mass is 9.99. The van der Waals surface area contributed by atoms with E-state index in [-0.39, 0.29) is 18.4 Å². The summed E-state index contributed by atoms with van der Waals surface area (Å²) in [6.45, 7) is 6.38. The Balaban J connectivity index is 1.32. The van der Waals surface area contributed by atoms with Gasteiger partial charge in [-0.15, -0.1) is 0 Å². The number of nitriles is 1. The molecule has 1 amide bonds. The van der Waals surface area contributed by atoms with Gasteiger partial charge in [0.15, 0.2) is 0 Å². The largest absolute Gasteiger partial charge is 0.365 e. The minimum atomic E-state index is -0.691. The highest BCUT2D eigenvalue weighted by Crippen LogP contribution is 2.35. The molecule has 6 rings (SSSR count). The number of nitrogens with one attached hydrogen (secondary N) is 1. The topological polar surface area (TPSA) is 91.6 Å². The average Bonchev–Trinajstić information content (AvgIpc) is 3.46. The Labute approximate surface area is 259 Å². The maximum absolute atomic E-state index is 12.8. The molecule has 3 aliphatic rings. The van der Waals surface area contributed by atoms with Gasteiger partial charge in [-0.2, -0.15) is 10.2 Å².